The van der Waals surface area contributed by atoms with Crippen molar-refractivity contribution >= 4 is 13.3 Å². The van der Waals surface area contributed by atoms with Crippen LogP contribution in [-0.4, -0.2) is 13.2 Å². The quantitative estimate of drug-likeness (QED) is 0.592. The molecule has 0 saturated heterocycles. The van der Waals surface area contributed by atoms with E-state index in [1.54, 1.807) is 5.82 Å². The van der Waals surface area contributed by atoms with Gasteiger partial charge in [0.25, 0.3) is 0 Å². The first kappa shape index (κ1) is 19.5. The van der Waals surface area contributed by atoms with Crippen LogP contribution in [0.3, 0.4) is 0 Å². The van der Waals surface area contributed by atoms with E-state index in [0.29, 0.717) is 13.2 Å². The number of nitrogens with one attached hydrogen (secondary N) is 1. The van der Waals surface area contributed by atoms with Crippen LogP contribution in [0.5, 0.6) is 0 Å². The van der Waals surface area contributed by atoms with E-state index in [-0.39, 0.29) is 6.04 Å². The van der Waals surface area contributed by atoms with Crippen molar-refractivity contribution in [1.29, 1.82) is 0 Å². The van der Waals surface area contributed by atoms with Crippen LogP contribution in [0.25, 0.3) is 5.70 Å². The summed E-state index contributed by atoms with van der Waals surface area (Å²) < 4.78 is 23.8. The van der Waals surface area contributed by atoms with Gasteiger partial charge in [-0.05, 0) is 31.9 Å². The van der Waals surface area contributed by atoms with E-state index in [9.17, 15) is 4.57 Å². The summed E-state index contributed by atoms with van der Waals surface area (Å²) in [5.41, 5.74) is 2.82. The van der Waals surface area contributed by atoms with Crippen molar-refractivity contribution in [1.82, 2.24) is 5.32 Å². The zero-order chi connectivity index (χ0) is 18.1. The highest BCUT2D eigenvalue weighted by Crippen LogP contribution is 2.51. The zero-order valence-corrected chi connectivity index (χ0v) is 15.9. The first-order valence-electron chi connectivity index (χ1n) is 8.56. The fraction of sp³-hybridized carbons (Fsp3) is 0.300. The van der Waals surface area contributed by atoms with Gasteiger partial charge >= 0.3 is 7.60 Å². The number of hydrogen-bond acceptors (Lipinski definition) is 4. The Morgan fingerprint density at radius 3 is 2.04 bits per heavy atom. The summed E-state index contributed by atoms with van der Waals surface area (Å²) in [6.45, 7) is 6.33. The molecule has 0 radical (unpaired) electrons. The molecule has 2 aromatic carbocycles. The molecule has 0 heterocycles. The third-order valence-electron chi connectivity index (χ3n) is 3.66. The van der Waals surface area contributed by atoms with Gasteiger partial charge in [-0.25, -0.2) is 0 Å². The summed E-state index contributed by atoms with van der Waals surface area (Å²) in [6, 6.07) is 20.0. The first-order valence-corrected chi connectivity index (χ1v) is 10.2. The van der Waals surface area contributed by atoms with E-state index in [0.717, 1.165) is 16.8 Å². The molecule has 134 valence electrons. The summed E-state index contributed by atoms with van der Waals surface area (Å²) >= 11 is 0. The molecule has 0 aromatic heterocycles. The molecule has 0 unspecified atom stereocenters. The highest BCUT2D eigenvalue weighted by atomic mass is 31.2. The molecule has 0 aliphatic rings. The number of benzene rings is 2. The standard InChI is InChI=1S/C20H26NO3P/c1-4-23-25(22,24-5-2)16-20(19-14-10-7-11-15-19)21-17(3)18-12-8-6-9-13-18/h6-17,21H,4-5H2,1-3H3/b20-16+/t17-/m0/s1. The van der Waals surface area contributed by atoms with Crippen LogP contribution in [0.1, 0.15) is 37.9 Å². The van der Waals surface area contributed by atoms with Crippen molar-refractivity contribution in [3.63, 3.8) is 0 Å². The van der Waals surface area contributed by atoms with Crippen LogP contribution in [0.15, 0.2) is 66.5 Å². The fourth-order valence-corrected chi connectivity index (χ4v) is 3.98. The van der Waals surface area contributed by atoms with Crippen LogP contribution >= 0.6 is 7.60 Å². The molecule has 5 heteroatoms. The molecule has 0 fully saturated rings. The molecular weight excluding hydrogens is 333 g/mol. The lowest BCUT2D eigenvalue weighted by Crippen LogP contribution is -2.17. The summed E-state index contributed by atoms with van der Waals surface area (Å²) in [5, 5.41) is 3.45. The van der Waals surface area contributed by atoms with E-state index >= 15 is 0 Å². The first-order chi connectivity index (χ1) is 12.1. The van der Waals surface area contributed by atoms with E-state index in [1.807, 2.05) is 62.4 Å². The molecule has 1 atom stereocenters. The maximum atomic E-state index is 13.0. The van der Waals surface area contributed by atoms with Crippen LogP contribution < -0.4 is 5.32 Å². The number of rotatable bonds is 9. The van der Waals surface area contributed by atoms with E-state index in [2.05, 4.69) is 24.4 Å². The van der Waals surface area contributed by atoms with Crippen LogP contribution in [0.2, 0.25) is 0 Å². The van der Waals surface area contributed by atoms with Crippen molar-refractivity contribution in [2.45, 2.75) is 26.8 Å². The van der Waals surface area contributed by atoms with Gasteiger partial charge < -0.3 is 14.4 Å². The highest BCUT2D eigenvalue weighted by Gasteiger charge is 2.22. The van der Waals surface area contributed by atoms with Crippen molar-refractivity contribution in [2.75, 3.05) is 13.2 Å². The molecular formula is C20H26NO3P. The Morgan fingerprint density at radius 1 is 1.00 bits per heavy atom. The molecule has 25 heavy (non-hydrogen) atoms. The fourth-order valence-electron chi connectivity index (χ4n) is 2.50. The van der Waals surface area contributed by atoms with Gasteiger partial charge in [0.1, 0.15) is 0 Å². The predicted molar refractivity (Wildman–Crippen MR) is 103 cm³/mol. The van der Waals surface area contributed by atoms with Crippen molar-refractivity contribution in [3.05, 3.63) is 77.6 Å². The highest BCUT2D eigenvalue weighted by molar-refractivity contribution is 7.57. The van der Waals surface area contributed by atoms with E-state index < -0.39 is 7.60 Å². The molecule has 0 amide bonds. The Bertz CT molecular complexity index is 706. The average Bonchev–Trinajstić information content (AvgIpc) is 2.63. The van der Waals surface area contributed by atoms with Crippen molar-refractivity contribution < 1.29 is 13.6 Å². The average molecular weight is 359 g/mol. The molecule has 0 saturated carbocycles. The second-order valence-electron chi connectivity index (χ2n) is 5.56. The van der Waals surface area contributed by atoms with E-state index in [1.165, 1.54) is 0 Å². The topological polar surface area (TPSA) is 47.6 Å². The summed E-state index contributed by atoms with van der Waals surface area (Å²) in [7, 11) is -3.31. The van der Waals surface area contributed by atoms with Gasteiger partial charge in [0.2, 0.25) is 0 Å². The van der Waals surface area contributed by atoms with Gasteiger partial charge in [0, 0.05) is 11.7 Å². The summed E-state index contributed by atoms with van der Waals surface area (Å²) in [4.78, 5) is 0. The molecule has 0 bridgehead atoms. The van der Waals surface area contributed by atoms with Crippen LogP contribution in [0.4, 0.5) is 0 Å². The van der Waals surface area contributed by atoms with Crippen LogP contribution in [0, 0.1) is 0 Å². The van der Waals surface area contributed by atoms with Gasteiger partial charge in [-0.1, -0.05) is 60.7 Å². The molecule has 0 aliphatic carbocycles. The minimum atomic E-state index is -3.31. The second-order valence-corrected chi connectivity index (χ2v) is 7.42. The predicted octanol–water partition coefficient (Wildman–Crippen LogP) is 5.60. The smallest absolute Gasteiger partial charge is 0.356 e. The Hall–Kier alpha value is -1.87. The Balaban J connectivity index is 2.36. The minimum absolute atomic E-state index is 0.0457. The lowest BCUT2D eigenvalue weighted by Gasteiger charge is -2.21. The normalized spacial score (nSPS) is 13.5. The third kappa shape index (κ3) is 5.86. The Kier molecular flexibility index (Phi) is 7.45. The SMILES string of the molecule is CCOP(=O)(/C=C(/N[C@@H](C)c1ccccc1)c1ccccc1)OCC. The number of hydrogen-bond donors (Lipinski definition) is 1. The summed E-state index contributed by atoms with van der Waals surface area (Å²) in [5.74, 6) is 1.59. The van der Waals surface area contributed by atoms with Gasteiger partial charge in [0.05, 0.1) is 19.0 Å². The monoisotopic (exact) mass is 359 g/mol. The van der Waals surface area contributed by atoms with Gasteiger partial charge in [-0.15, -0.1) is 0 Å². The molecule has 2 aromatic rings. The molecule has 1 N–H and O–H groups in total. The summed E-state index contributed by atoms with van der Waals surface area (Å²) in [6.07, 6.45) is 0. The maximum Gasteiger partial charge on any atom is 0.356 e. The van der Waals surface area contributed by atoms with Gasteiger partial charge in [-0.2, -0.15) is 0 Å². The van der Waals surface area contributed by atoms with Gasteiger partial charge in [-0.3, -0.25) is 4.57 Å². The Morgan fingerprint density at radius 2 is 1.52 bits per heavy atom. The van der Waals surface area contributed by atoms with E-state index in [4.69, 9.17) is 9.05 Å². The van der Waals surface area contributed by atoms with Crippen LogP contribution in [-0.2, 0) is 13.6 Å². The lowest BCUT2D eigenvalue weighted by atomic mass is 10.1. The van der Waals surface area contributed by atoms with Crippen molar-refractivity contribution in [3.8, 4) is 0 Å². The molecule has 0 spiro atoms. The van der Waals surface area contributed by atoms with Gasteiger partial charge in [0.15, 0.2) is 0 Å². The maximum absolute atomic E-state index is 13.0. The van der Waals surface area contributed by atoms with Crippen molar-refractivity contribution in [2.24, 2.45) is 0 Å². The largest absolute Gasteiger partial charge is 0.378 e. The zero-order valence-electron chi connectivity index (χ0n) is 15.0. The minimum Gasteiger partial charge on any atom is -0.378 e. The molecule has 2 rings (SSSR count). The molecule has 0 aliphatic heterocycles. The lowest BCUT2D eigenvalue weighted by molar-refractivity contribution is 0.229. The Labute approximate surface area is 150 Å². The third-order valence-corrected chi connectivity index (χ3v) is 5.47. The molecule has 4 nitrogen and oxygen atoms in total. The second kappa shape index (κ2) is 9.57.